The van der Waals surface area contributed by atoms with E-state index in [1.54, 1.807) is 24.3 Å². The van der Waals surface area contributed by atoms with Crippen LogP contribution in [-0.2, 0) is 4.79 Å². The molecule has 0 saturated heterocycles. The fraction of sp³-hybridized carbons (Fsp3) is 0.0455. The van der Waals surface area contributed by atoms with Gasteiger partial charge in [-0.05, 0) is 48.5 Å². The number of carbonyl (C=O) groups excluding carboxylic acids is 2. The van der Waals surface area contributed by atoms with Gasteiger partial charge in [0.05, 0.1) is 28.0 Å². The molecule has 0 aliphatic carbocycles. The highest BCUT2D eigenvalue weighted by atomic mass is 32.2. The van der Waals surface area contributed by atoms with E-state index >= 15 is 0 Å². The van der Waals surface area contributed by atoms with E-state index in [-0.39, 0.29) is 17.5 Å². The zero-order chi connectivity index (χ0) is 20.9. The van der Waals surface area contributed by atoms with Crippen molar-refractivity contribution in [2.75, 3.05) is 16.4 Å². The number of carbonyl (C=O) groups is 2. The molecule has 0 unspecified atom stereocenters. The molecule has 2 amide bonds. The molecule has 30 heavy (non-hydrogen) atoms. The van der Waals surface area contributed by atoms with Gasteiger partial charge in [0.15, 0.2) is 5.16 Å². The van der Waals surface area contributed by atoms with Crippen LogP contribution in [0.2, 0.25) is 0 Å². The third kappa shape index (κ3) is 4.66. The minimum absolute atomic E-state index is 0.133. The van der Waals surface area contributed by atoms with Crippen LogP contribution in [0.5, 0.6) is 0 Å². The zero-order valence-electron chi connectivity index (χ0n) is 15.7. The molecule has 3 aromatic carbocycles. The number of benzene rings is 3. The SMILES string of the molecule is O=C(CSc1nc2ccccc2[nH]1)Nc1ccccc1C(=O)Nc1ccc(F)cc1. The van der Waals surface area contributed by atoms with Gasteiger partial charge < -0.3 is 15.6 Å². The summed E-state index contributed by atoms with van der Waals surface area (Å²) in [5.41, 5.74) is 2.91. The van der Waals surface area contributed by atoms with Crippen molar-refractivity contribution in [3.63, 3.8) is 0 Å². The van der Waals surface area contributed by atoms with Crippen molar-refractivity contribution in [3.8, 4) is 0 Å². The summed E-state index contributed by atoms with van der Waals surface area (Å²) < 4.78 is 13.0. The van der Waals surface area contributed by atoms with Gasteiger partial charge in [0, 0.05) is 5.69 Å². The normalized spacial score (nSPS) is 10.7. The molecule has 0 aliphatic rings. The van der Waals surface area contributed by atoms with Crippen LogP contribution in [0.3, 0.4) is 0 Å². The summed E-state index contributed by atoms with van der Waals surface area (Å²) >= 11 is 1.28. The molecule has 8 heteroatoms. The van der Waals surface area contributed by atoms with Crippen LogP contribution >= 0.6 is 11.8 Å². The number of nitrogens with one attached hydrogen (secondary N) is 3. The third-order valence-corrected chi connectivity index (χ3v) is 5.13. The molecule has 0 radical (unpaired) electrons. The Labute approximate surface area is 175 Å². The zero-order valence-corrected chi connectivity index (χ0v) is 16.5. The predicted molar refractivity (Wildman–Crippen MR) is 116 cm³/mol. The average Bonchev–Trinajstić information content (AvgIpc) is 3.17. The number of halogens is 1. The highest BCUT2D eigenvalue weighted by molar-refractivity contribution is 7.99. The lowest BCUT2D eigenvalue weighted by Gasteiger charge is -2.11. The Balaban J connectivity index is 1.40. The number of amides is 2. The van der Waals surface area contributed by atoms with E-state index < -0.39 is 5.91 Å². The monoisotopic (exact) mass is 420 g/mol. The standard InChI is InChI=1S/C22H17FN4O2S/c23-14-9-11-15(12-10-14)24-21(29)16-5-1-2-6-17(16)25-20(28)13-30-22-26-18-7-3-4-8-19(18)27-22/h1-12H,13H2,(H,24,29)(H,25,28)(H,26,27). The molecule has 1 heterocycles. The Bertz CT molecular complexity index is 1170. The van der Waals surface area contributed by atoms with Crippen LogP contribution in [-0.4, -0.2) is 27.5 Å². The van der Waals surface area contributed by atoms with Crippen LogP contribution < -0.4 is 10.6 Å². The summed E-state index contributed by atoms with van der Waals surface area (Å²) in [6.07, 6.45) is 0. The van der Waals surface area contributed by atoms with Gasteiger partial charge >= 0.3 is 0 Å². The van der Waals surface area contributed by atoms with Gasteiger partial charge in [0.1, 0.15) is 5.82 Å². The van der Waals surface area contributed by atoms with Crippen molar-refractivity contribution in [1.29, 1.82) is 0 Å². The topological polar surface area (TPSA) is 86.9 Å². The number of imidazole rings is 1. The van der Waals surface area contributed by atoms with Crippen molar-refractivity contribution in [3.05, 3.63) is 84.2 Å². The lowest BCUT2D eigenvalue weighted by atomic mass is 10.1. The van der Waals surface area contributed by atoms with E-state index in [1.165, 1.54) is 36.0 Å². The fourth-order valence-electron chi connectivity index (χ4n) is 2.84. The van der Waals surface area contributed by atoms with Crippen molar-refractivity contribution in [2.24, 2.45) is 0 Å². The quantitative estimate of drug-likeness (QED) is 0.395. The Morgan fingerprint density at radius 1 is 0.933 bits per heavy atom. The molecular formula is C22H17FN4O2S. The Morgan fingerprint density at radius 2 is 1.67 bits per heavy atom. The van der Waals surface area contributed by atoms with Gasteiger partial charge in [0.25, 0.3) is 5.91 Å². The van der Waals surface area contributed by atoms with Gasteiger partial charge in [-0.15, -0.1) is 0 Å². The number of para-hydroxylation sites is 3. The lowest BCUT2D eigenvalue weighted by Crippen LogP contribution is -2.19. The van der Waals surface area contributed by atoms with Crippen LogP contribution in [0.25, 0.3) is 11.0 Å². The van der Waals surface area contributed by atoms with Crippen molar-refractivity contribution in [1.82, 2.24) is 9.97 Å². The van der Waals surface area contributed by atoms with E-state index in [0.29, 0.717) is 22.1 Å². The second-order valence-electron chi connectivity index (χ2n) is 6.40. The highest BCUT2D eigenvalue weighted by Gasteiger charge is 2.14. The highest BCUT2D eigenvalue weighted by Crippen LogP contribution is 2.21. The summed E-state index contributed by atoms with van der Waals surface area (Å²) in [5, 5.41) is 6.11. The van der Waals surface area contributed by atoms with Gasteiger partial charge in [-0.3, -0.25) is 9.59 Å². The first-order chi connectivity index (χ1) is 14.6. The molecule has 150 valence electrons. The predicted octanol–water partition coefficient (Wildman–Crippen LogP) is 4.69. The molecule has 0 atom stereocenters. The number of fused-ring (bicyclic) bond motifs is 1. The second kappa shape index (κ2) is 8.79. The van der Waals surface area contributed by atoms with E-state index in [4.69, 9.17) is 0 Å². The van der Waals surface area contributed by atoms with E-state index in [1.807, 2.05) is 24.3 Å². The lowest BCUT2D eigenvalue weighted by molar-refractivity contribution is -0.113. The van der Waals surface area contributed by atoms with E-state index in [0.717, 1.165) is 11.0 Å². The number of hydrogen-bond acceptors (Lipinski definition) is 4. The summed E-state index contributed by atoms with van der Waals surface area (Å²) in [6.45, 7) is 0. The summed E-state index contributed by atoms with van der Waals surface area (Å²) in [4.78, 5) is 32.6. The summed E-state index contributed by atoms with van der Waals surface area (Å²) in [7, 11) is 0. The number of hydrogen-bond donors (Lipinski definition) is 3. The molecule has 6 nitrogen and oxygen atoms in total. The van der Waals surface area contributed by atoms with Crippen LogP contribution in [0.1, 0.15) is 10.4 Å². The molecular weight excluding hydrogens is 403 g/mol. The molecule has 0 saturated carbocycles. The number of thioether (sulfide) groups is 1. The smallest absolute Gasteiger partial charge is 0.257 e. The summed E-state index contributed by atoms with van der Waals surface area (Å²) in [6, 6.07) is 19.8. The maximum Gasteiger partial charge on any atom is 0.257 e. The van der Waals surface area contributed by atoms with Gasteiger partial charge in [-0.25, -0.2) is 9.37 Å². The first-order valence-electron chi connectivity index (χ1n) is 9.12. The number of H-pyrrole nitrogens is 1. The van der Waals surface area contributed by atoms with Crippen molar-refractivity contribution < 1.29 is 14.0 Å². The average molecular weight is 420 g/mol. The van der Waals surface area contributed by atoms with Crippen LogP contribution in [0, 0.1) is 5.82 Å². The van der Waals surface area contributed by atoms with Gasteiger partial charge in [-0.2, -0.15) is 0 Å². The van der Waals surface area contributed by atoms with Gasteiger partial charge in [0.2, 0.25) is 5.91 Å². The minimum Gasteiger partial charge on any atom is -0.333 e. The molecule has 4 aromatic rings. The number of anilines is 2. The van der Waals surface area contributed by atoms with Crippen molar-refractivity contribution >= 4 is 46.0 Å². The number of aromatic amines is 1. The fourth-order valence-corrected chi connectivity index (χ4v) is 3.52. The summed E-state index contributed by atoms with van der Waals surface area (Å²) in [5.74, 6) is -0.916. The largest absolute Gasteiger partial charge is 0.333 e. The Hall–Kier alpha value is -3.65. The van der Waals surface area contributed by atoms with E-state index in [9.17, 15) is 14.0 Å². The Morgan fingerprint density at radius 3 is 2.47 bits per heavy atom. The molecule has 0 spiro atoms. The maximum absolute atomic E-state index is 13.0. The van der Waals surface area contributed by atoms with Gasteiger partial charge in [-0.1, -0.05) is 36.0 Å². The maximum atomic E-state index is 13.0. The molecule has 0 aliphatic heterocycles. The molecule has 1 aromatic heterocycles. The molecule has 0 fully saturated rings. The number of nitrogens with zero attached hydrogens (tertiary/aromatic N) is 1. The van der Waals surface area contributed by atoms with E-state index in [2.05, 4.69) is 20.6 Å². The first kappa shape index (κ1) is 19.7. The second-order valence-corrected chi connectivity index (χ2v) is 7.37. The first-order valence-corrected chi connectivity index (χ1v) is 10.1. The Kier molecular flexibility index (Phi) is 5.76. The number of aromatic nitrogens is 2. The van der Waals surface area contributed by atoms with Crippen molar-refractivity contribution in [2.45, 2.75) is 5.16 Å². The molecule has 0 bridgehead atoms. The minimum atomic E-state index is -0.401. The van der Waals surface area contributed by atoms with Crippen LogP contribution in [0.4, 0.5) is 15.8 Å². The third-order valence-electron chi connectivity index (χ3n) is 4.26. The molecule has 3 N–H and O–H groups in total. The van der Waals surface area contributed by atoms with Crippen LogP contribution in [0.15, 0.2) is 78.0 Å². The molecule has 4 rings (SSSR count). The number of rotatable bonds is 6.